The summed E-state index contributed by atoms with van der Waals surface area (Å²) in [5.74, 6) is -0.833. The molecule has 2 aliphatic rings. The van der Waals surface area contributed by atoms with Crippen LogP contribution in [0.5, 0.6) is 0 Å². The zero-order valence-electron chi connectivity index (χ0n) is 14.6. The number of benzene rings is 1. The summed E-state index contributed by atoms with van der Waals surface area (Å²) in [7, 11) is 0. The average Bonchev–Trinajstić information content (AvgIpc) is 3.10. The van der Waals surface area contributed by atoms with Crippen molar-refractivity contribution in [3.05, 3.63) is 46.3 Å². The lowest BCUT2D eigenvalue weighted by Crippen LogP contribution is -2.47. The molecule has 0 saturated carbocycles. The van der Waals surface area contributed by atoms with Crippen molar-refractivity contribution in [2.24, 2.45) is 5.11 Å². The first-order chi connectivity index (χ1) is 12.4. The lowest BCUT2D eigenvalue weighted by molar-refractivity contribution is -0.232. The largest absolute Gasteiger partial charge is 0.396 e. The van der Waals surface area contributed by atoms with Crippen LogP contribution in [-0.2, 0) is 25.6 Å². The van der Waals surface area contributed by atoms with E-state index < -0.39 is 49.1 Å². The van der Waals surface area contributed by atoms with Crippen LogP contribution in [0.4, 0.5) is 0 Å². The normalized spacial score (nSPS) is 31.8. The van der Waals surface area contributed by atoms with Gasteiger partial charge in [0.1, 0.15) is 18.3 Å². The van der Waals surface area contributed by atoms with E-state index in [1.165, 1.54) is 0 Å². The third kappa shape index (κ3) is 3.99. The fourth-order valence-electron chi connectivity index (χ4n) is 3.23. The Bertz CT molecular complexity index is 651. The molecule has 2 fully saturated rings. The molecule has 0 unspecified atom stereocenters. The molecular formula is C17H23N3O6. The maximum Gasteiger partial charge on any atom is 0.190 e. The van der Waals surface area contributed by atoms with Gasteiger partial charge in [0.25, 0.3) is 0 Å². The SMILES string of the molecule is CC1(C)O[C@H]2O[C@H]([C@@H](O)[C@H](CO)N=[N+]=[N-])[C@H](OCc3ccccc3)[C@H]2O1. The highest BCUT2D eigenvalue weighted by Gasteiger charge is 2.57. The summed E-state index contributed by atoms with van der Waals surface area (Å²) in [6.07, 6.45) is -4.04. The van der Waals surface area contributed by atoms with E-state index in [9.17, 15) is 10.2 Å². The first-order valence-electron chi connectivity index (χ1n) is 8.45. The van der Waals surface area contributed by atoms with Gasteiger partial charge in [-0.05, 0) is 24.9 Å². The number of rotatable bonds is 7. The van der Waals surface area contributed by atoms with Gasteiger partial charge in [-0.1, -0.05) is 35.4 Å². The maximum absolute atomic E-state index is 10.6. The van der Waals surface area contributed by atoms with Crippen LogP contribution >= 0.6 is 0 Å². The molecule has 6 atom stereocenters. The summed E-state index contributed by atoms with van der Waals surface area (Å²) in [5.41, 5.74) is 9.58. The van der Waals surface area contributed by atoms with E-state index in [1.54, 1.807) is 13.8 Å². The molecular weight excluding hydrogens is 342 g/mol. The van der Waals surface area contributed by atoms with Gasteiger partial charge >= 0.3 is 0 Å². The van der Waals surface area contributed by atoms with E-state index >= 15 is 0 Å². The van der Waals surface area contributed by atoms with Gasteiger partial charge in [0.2, 0.25) is 0 Å². The van der Waals surface area contributed by atoms with Crippen LogP contribution in [-0.4, -0.2) is 59.4 Å². The minimum atomic E-state index is -1.27. The molecule has 0 aliphatic carbocycles. The molecule has 2 saturated heterocycles. The number of hydrogen-bond acceptors (Lipinski definition) is 7. The number of azide groups is 1. The predicted molar refractivity (Wildman–Crippen MR) is 89.7 cm³/mol. The summed E-state index contributed by atoms with van der Waals surface area (Å²) in [6, 6.07) is 8.50. The van der Waals surface area contributed by atoms with Crippen molar-refractivity contribution in [1.29, 1.82) is 0 Å². The average molecular weight is 365 g/mol. The fraction of sp³-hybridized carbons (Fsp3) is 0.647. The van der Waals surface area contributed by atoms with E-state index in [1.807, 2.05) is 30.3 Å². The first-order valence-corrected chi connectivity index (χ1v) is 8.45. The number of hydrogen-bond donors (Lipinski definition) is 2. The molecule has 1 aromatic carbocycles. The molecule has 0 aromatic heterocycles. The van der Waals surface area contributed by atoms with Gasteiger partial charge in [-0.15, -0.1) is 0 Å². The van der Waals surface area contributed by atoms with E-state index in [4.69, 9.17) is 24.5 Å². The molecule has 2 heterocycles. The molecule has 3 rings (SSSR count). The Hall–Kier alpha value is -1.71. The van der Waals surface area contributed by atoms with Crippen LogP contribution in [0, 0.1) is 0 Å². The van der Waals surface area contributed by atoms with E-state index in [-0.39, 0.29) is 6.61 Å². The predicted octanol–water partition coefficient (Wildman–Crippen LogP) is 1.48. The molecule has 9 heteroatoms. The van der Waals surface area contributed by atoms with Crippen molar-refractivity contribution < 1.29 is 29.2 Å². The Morgan fingerprint density at radius 3 is 2.69 bits per heavy atom. The number of ether oxygens (including phenoxy) is 4. The number of fused-ring (bicyclic) bond motifs is 1. The molecule has 2 N–H and O–H groups in total. The smallest absolute Gasteiger partial charge is 0.190 e. The van der Waals surface area contributed by atoms with Gasteiger partial charge in [0.05, 0.1) is 25.4 Å². The number of aliphatic hydroxyl groups excluding tert-OH is 2. The highest BCUT2D eigenvalue weighted by atomic mass is 16.8. The Kier molecular flexibility index (Phi) is 5.79. The molecule has 0 bridgehead atoms. The van der Waals surface area contributed by atoms with Gasteiger partial charge in [-0.25, -0.2) is 0 Å². The van der Waals surface area contributed by atoms with Crippen LogP contribution in [0.15, 0.2) is 35.4 Å². The van der Waals surface area contributed by atoms with Crippen LogP contribution < -0.4 is 0 Å². The van der Waals surface area contributed by atoms with Gasteiger partial charge in [-0.3, -0.25) is 0 Å². The van der Waals surface area contributed by atoms with Gasteiger partial charge < -0.3 is 29.2 Å². The van der Waals surface area contributed by atoms with Crippen molar-refractivity contribution >= 4 is 0 Å². The minimum absolute atomic E-state index is 0.288. The van der Waals surface area contributed by atoms with Crippen LogP contribution in [0.25, 0.3) is 10.4 Å². The van der Waals surface area contributed by atoms with E-state index in [2.05, 4.69) is 10.0 Å². The Morgan fingerprint density at radius 1 is 1.31 bits per heavy atom. The third-order valence-electron chi connectivity index (χ3n) is 4.43. The topological polar surface area (TPSA) is 126 Å². The first kappa shape index (κ1) is 19.1. The number of nitrogens with zero attached hydrogens (tertiary/aromatic N) is 3. The van der Waals surface area contributed by atoms with Crippen molar-refractivity contribution in [2.75, 3.05) is 6.61 Å². The van der Waals surface area contributed by atoms with Crippen molar-refractivity contribution in [3.8, 4) is 0 Å². The fourth-order valence-corrected chi connectivity index (χ4v) is 3.23. The summed E-state index contributed by atoms with van der Waals surface area (Å²) in [5, 5.41) is 23.4. The van der Waals surface area contributed by atoms with Crippen LogP contribution in [0.1, 0.15) is 19.4 Å². The molecule has 2 aliphatic heterocycles. The third-order valence-corrected chi connectivity index (χ3v) is 4.43. The van der Waals surface area contributed by atoms with Crippen molar-refractivity contribution in [3.63, 3.8) is 0 Å². The lowest BCUT2D eigenvalue weighted by Gasteiger charge is -2.30. The zero-order chi connectivity index (χ0) is 18.7. The summed E-state index contributed by atoms with van der Waals surface area (Å²) >= 11 is 0. The lowest BCUT2D eigenvalue weighted by atomic mass is 10.0. The highest BCUT2D eigenvalue weighted by molar-refractivity contribution is 5.13. The monoisotopic (exact) mass is 365 g/mol. The molecule has 142 valence electrons. The van der Waals surface area contributed by atoms with Gasteiger partial charge in [0.15, 0.2) is 12.1 Å². The second kappa shape index (κ2) is 7.89. The van der Waals surface area contributed by atoms with Crippen molar-refractivity contribution in [1.82, 2.24) is 0 Å². The highest BCUT2D eigenvalue weighted by Crippen LogP contribution is 2.40. The minimum Gasteiger partial charge on any atom is -0.396 e. The number of aliphatic hydroxyl groups is 2. The van der Waals surface area contributed by atoms with E-state index in [0.717, 1.165) is 5.56 Å². The Balaban J connectivity index is 1.77. The van der Waals surface area contributed by atoms with Crippen LogP contribution in [0.2, 0.25) is 0 Å². The summed E-state index contributed by atoms with van der Waals surface area (Å²) in [4.78, 5) is 2.66. The summed E-state index contributed by atoms with van der Waals surface area (Å²) < 4.78 is 23.4. The van der Waals surface area contributed by atoms with Gasteiger partial charge in [0, 0.05) is 4.91 Å². The quantitative estimate of drug-likeness (QED) is 0.428. The molecule has 1 aromatic rings. The molecule has 0 spiro atoms. The zero-order valence-corrected chi connectivity index (χ0v) is 14.6. The van der Waals surface area contributed by atoms with Gasteiger partial charge in [-0.2, -0.15) is 0 Å². The molecule has 0 amide bonds. The second-order valence-corrected chi connectivity index (χ2v) is 6.78. The summed E-state index contributed by atoms with van der Waals surface area (Å²) in [6.45, 7) is 3.31. The van der Waals surface area contributed by atoms with Crippen LogP contribution in [0.3, 0.4) is 0 Å². The van der Waals surface area contributed by atoms with E-state index in [0.29, 0.717) is 0 Å². The van der Waals surface area contributed by atoms with Crippen molar-refractivity contribution in [2.45, 2.75) is 63.0 Å². The molecule has 0 radical (unpaired) electrons. The second-order valence-electron chi connectivity index (χ2n) is 6.78. The molecule has 26 heavy (non-hydrogen) atoms. The Morgan fingerprint density at radius 2 is 2.04 bits per heavy atom. The standard InChI is InChI=1S/C17H23N3O6/c1-17(2)25-15-14(23-9-10-6-4-3-5-7-10)13(24-16(15)26-17)12(22)11(8-21)19-20-18/h3-7,11-16,21-22H,8-9H2,1-2H3/t11-,12-,13+,14-,15+,16+/m0/s1. The molecule has 9 nitrogen and oxygen atoms in total. The maximum atomic E-state index is 10.6. The Labute approximate surface area is 151 Å².